The van der Waals surface area contributed by atoms with E-state index in [0.717, 1.165) is 28.6 Å². The number of carbonyl (C=O) groups is 2. The number of hydrogen-bond donors (Lipinski definition) is 2. The van der Waals surface area contributed by atoms with E-state index in [1.54, 1.807) is 11.3 Å². The maximum atomic E-state index is 12.5. The smallest absolute Gasteiger partial charge is 0.274 e. The Hall–Kier alpha value is -2.19. The number of hydrazine groups is 1. The number of thiazole rings is 1. The van der Waals surface area contributed by atoms with E-state index in [0.29, 0.717) is 31.1 Å². The normalized spacial score (nSPS) is 21.7. The van der Waals surface area contributed by atoms with Gasteiger partial charge >= 0.3 is 0 Å². The Morgan fingerprint density at radius 3 is 2.81 bits per heavy atom. The second-order valence-corrected chi connectivity index (χ2v) is 7.82. The van der Waals surface area contributed by atoms with Crippen LogP contribution in [-0.4, -0.2) is 46.9 Å². The molecule has 138 valence electrons. The van der Waals surface area contributed by atoms with Gasteiger partial charge in [0.25, 0.3) is 5.19 Å². The molecule has 8 heteroatoms. The average Bonchev–Trinajstić information content (AvgIpc) is 3.06. The number of likely N-dealkylation sites (tertiary alicyclic amines) is 1. The first kappa shape index (κ1) is 17.2. The van der Waals surface area contributed by atoms with Crippen LogP contribution in [0.3, 0.4) is 0 Å². The fraction of sp³-hybridized carbons (Fsp3) is 0.500. The number of hydrogen-bond acceptors (Lipinski definition) is 6. The lowest BCUT2D eigenvalue weighted by atomic mass is 10.0. The molecular formula is C18H22N4O3S. The van der Waals surface area contributed by atoms with Crippen LogP contribution in [0.4, 0.5) is 0 Å². The zero-order valence-electron chi connectivity index (χ0n) is 14.7. The van der Waals surface area contributed by atoms with Crippen molar-refractivity contribution in [3.63, 3.8) is 0 Å². The van der Waals surface area contributed by atoms with Gasteiger partial charge in [0.05, 0.1) is 10.2 Å². The summed E-state index contributed by atoms with van der Waals surface area (Å²) in [7, 11) is 0. The van der Waals surface area contributed by atoms with Crippen LogP contribution >= 0.6 is 11.3 Å². The van der Waals surface area contributed by atoms with Gasteiger partial charge in [0.1, 0.15) is 12.1 Å². The zero-order valence-corrected chi connectivity index (χ0v) is 15.5. The minimum atomic E-state index is -0.322. The highest BCUT2D eigenvalue weighted by Crippen LogP contribution is 2.31. The molecule has 2 fully saturated rings. The van der Waals surface area contributed by atoms with Gasteiger partial charge in [0.2, 0.25) is 11.8 Å². The third kappa shape index (κ3) is 3.52. The van der Waals surface area contributed by atoms with Gasteiger partial charge in [-0.25, -0.2) is 10.4 Å². The van der Waals surface area contributed by atoms with E-state index in [2.05, 4.69) is 34.9 Å². The van der Waals surface area contributed by atoms with E-state index in [1.165, 1.54) is 0 Å². The highest BCUT2D eigenvalue weighted by Gasteiger charge is 2.31. The molecule has 1 aromatic heterocycles. The Bertz CT molecular complexity index is 819. The molecule has 0 saturated carbocycles. The molecule has 1 aromatic carbocycles. The second kappa shape index (κ2) is 7.20. The first-order chi connectivity index (χ1) is 12.6. The number of carbonyl (C=O) groups excluding carboxylic acids is 2. The summed E-state index contributed by atoms with van der Waals surface area (Å²) in [6.45, 7) is 3.39. The van der Waals surface area contributed by atoms with Gasteiger partial charge in [-0.15, -0.1) is 0 Å². The van der Waals surface area contributed by atoms with E-state index in [4.69, 9.17) is 4.74 Å². The first-order valence-electron chi connectivity index (χ1n) is 8.96. The largest absolute Gasteiger partial charge is 0.467 e. The molecule has 1 atom stereocenters. The van der Waals surface area contributed by atoms with Crippen molar-refractivity contribution in [2.75, 3.05) is 13.1 Å². The summed E-state index contributed by atoms with van der Waals surface area (Å²) >= 11 is 1.57. The molecule has 2 amide bonds. The number of benzene rings is 1. The molecule has 2 N–H and O–H groups in total. The molecule has 2 aliphatic rings. The van der Waals surface area contributed by atoms with Crippen LogP contribution in [-0.2, 0) is 9.59 Å². The van der Waals surface area contributed by atoms with Crippen molar-refractivity contribution in [2.24, 2.45) is 0 Å². The van der Waals surface area contributed by atoms with Crippen molar-refractivity contribution in [2.45, 2.75) is 44.8 Å². The van der Waals surface area contributed by atoms with Crippen LogP contribution in [0.25, 0.3) is 10.2 Å². The monoisotopic (exact) mass is 374 g/mol. The molecule has 3 heterocycles. The average molecular weight is 374 g/mol. The van der Waals surface area contributed by atoms with Crippen LogP contribution in [0.1, 0.15) is 31.2 Å². The summed E-state index contributed by atoms with van der Waals surface area (Å²) < 4.78 is 7.22. The van der Waals surface area contributed by atoms with Gasteiger partial charge in [-0.3, -0.25) is 15.0 Å². The van der Waals surface area contributed by atoms with Crippen LogP contribution in [0.2, 0.25) is 0 Å². The minimum absolute atomic E-state index is 0.0547. The molecule has 2 aromatic rings. The number of rotatable bonds is 3. The number of para-hydroxylation sites is 1. The van der Waals surface area contributed by atoms with Crippen molar-refractivity contribution in [1.82, 2.24) is 20.7 Å². The Kier molecular flexibility index (Phi) is 4.78. The zero-order chi connectivity index (χ0) is 18.1. The maximum absolute atomic E-state index is 12.5. The van der Waals surface area contributed by atoms with Gasteiger partial charge < -0.3 is 9.64 Å². The summed E-state index contributed by atoms with van der Waals surface area (Å²) in [5.41, 5.74) is 7.51. The van der Waals surface area contributed by atoms with E-state index in [9.17, 15) is 9.59 Å². The number of ether oxygens (including phenoxy) is 1. The van der Waals surface area contributed by atoms with Crippen LogP contribution in [0.5, 0.6) is 5.19 Å². The van der Waals surface area contributed by atoms with Crippen molar-refractivity contribution in [1.29, 1.82) is 0 Å². The minimum Gasteiger partial charge on any atom is -0.467 e. The highest BCUT2D eigenvalue weighted by atomic mass is 32.1. The number of amides is 2. The molecule has 2 aliphatic heterocycles. The number of piperidine rings is 1. The maximum Gasteiger partial charge on any atom is 0.274 e. The number of aromatic nitrogens is 1. The van der Waals surface area contributed by atoms with E-state index >= 15 is 0 Å². The lowest BCUT2D eigenvalue weighted by molar-refractivity contribution is -0.137. The summed E-state index contributed by atoms with van der Waals surface area (Å²) in [4.78, 5) is 30.2. The van der Waals surface area contributed by atoms with Crippen molar-refractivity contribution in [3.05, 3.63) is 23.8 Å². The Labute approximate surface area is 155 Å². The topological polar surface area (TPSA) is 83.6 Å². The van der Waals surface area contributed by atoms with Crippen molar-refractivity contribution >= 4 is 33.4 Å². The molecule has 1 unspecified atom stereocenters. The molecule has 0 spiro atoms. The molecule has 26 heavy (non-hydrogen) atoms. The third-order valence-electron chi connectivity index (χ3n) is 4.97. The van der Waals surface area contributed by atoms with Gasteiger partial charge in [-0.05, 0) is 25.0 Å². The van der Waals surface area contributed by atoms with Gasteiger partial charge in [0, 0.05) is 32.4 Å². The van der Waals surface area contributed by atoms with Gasteiger partial charge in [0.15, 0.2) is 0 Å². The number of nitrogens with one attached hydrogen (secondary N) is 2. The quantitative estimate of drug-likeness (QED) is 0.855. The molecule has 4 rings (SSSR count). The van der Waals surface area contributed by atoms with Gasteiger partial charge in [-0.2, -0.15) is 0 Å². The molecule has 2 saturated heterocycles. The van der Waals surface area contributed by atoms with E-state index < -0.39 is 0 Å². The molecular weight excluding hydrogens is 352 g/mol. The molecule has 0 aliphatic carbocycles. The third-order valence-corrected chi connectivity index (χ3v) is 5.88. The first-order valence-corrected chi connectivity index (χ1v) is 9.78. The van der Waals surface area contributed by atoms with Crippen LogP contribution < -0.4 is 15.6 Å². The Morgan fingerprint density at radius 2 is 2.12 bits per heavy atom. The second-order valence-electron chi connectivity index (χ2n) is 6.83. The number of aryl methyl sites for hydroxylation is 1. The van der Waals surface area contributed by atoms with E-state index in [-0.39, 0.29) is 24.0 Å². The Morgan fingerprint density at radius 1 is 1.31 bits per heavy atom. The number of fused-ring (bicyclic) bond motifs is 1. The molecule has 7 nitrogen and oxygen atoms in total. The predicted octanol–water partition coefficient (Wildman–Crippen LogP) is 1.76. The highest BCUT2D eigenvalue weighted by molar-refractivity contribution is 7.20. The molecule has 0 bridgehead atoms. The fourth-order valence-corrected chi connectivity index (χ4v) is 4.40. The summed E-state index contributed by atoms with van der Waals surface area (Å²) in [5, 5.41) is 0.704. The van der Waals surface area contributed by atoms with E-state index in [1.807, 2.05) is 11.0 Å². The molecule has 0 radical (unpaired) electrons. The summed E-state index contributed by atoms with van der Waals surface area (Å²) in [6.07, 6.45) is 2.60. The Balaban J connectivity index is 1.32. The summed E-state index contributed by atoms with van der Waals surface area (Å²) in [6, 6.07) is 5.82. The van der Waals surface area contributed by atoms with Crippen molar-refractivity contribution < 1.29 is 14.3 Å². The fourth-order valence-electron chi connectivity index (χ4n) is 3.44. The summed E-state index contributed by atoms with van der Waals surface area (Å²) in [5.74, 6) is -0.00806. The number of nitrogens with zero attached hydrogens (tertiary/aromatic N) is 2. The standard InChI is InChI=1S/C18H22N4O3S/c1-11-3-2-4-14-16(11)19-18(26-14)25-12-7-9-22(10-8-12)17(24)13-5-6-15(23)21-20-13/h2-4,12-13,20H,5-10H2,1H3,(H,21,23). The van der Waals surface area contributed by atoms with Crippen molar-refractivity contribution in [3.8, 4) is 5.19 Å². The van der Waals surface area contributed by atoms with Crippen LogP contribution in [0.15, 0.2) is 18.2 Å². The van der Waals surface area contributed by atoms with Gasteiger partial charge in [-0.1, -0.05) is 23.5 Å². The predicted molar refractivity (Wildman–Crippen MR) is 98.9 cm³/mol. The lowest BCUT2D eigenvalue weighted by Crippen LogP contribution is -2.57. The lowest BCUT2D eigenvalue weighted by Gasteiger charge is -2.35. The SMILES string of the molecule is Cc1cccc2sc(OC3CCN(C(=O)C4CCC(=O)NN4)CC3)nc12. The van der Waals surface area contributed by atoms with Crippen LogP contribution in [0, 0.1) is 6.92 Å².